The van der Waals surface area contributed by atoms with E-state index in [-0.39, 0.29) is 36.0 Å². The number of carbonyl (C=O) groups excluding carboxylic acids is 1. The average molecular weight is 436 g/mol. The number of fused-ring (bicyclic) bond motifs is 1. The summed E-state index contributed by atoms with van der Waals surface area (Å²) in [4.78, 5) is 25.6. The summed E-state index contributed by atoms with van der Waals surface area (Å²) in [5.74, 6) is 3.46. The number of amidine groups is 1. The Balaban J connectivity index is 1.59. The fraction of sp³-hybridized carbons (Fsp3) is 0.444. The maximum Gasteiger partial charge on any atom is 0.279 e. The molecular formula is C18H18FN5O3S2. The molecule has 1 fully saturated rings. The molecule has 4 rings (SSSR count). The van der Waals surface area contributed by atoms with Crippen LogP contribution < -0.4 is 11.1 Å². The summed E-state index contributed by atoms with van der Waals surface area (Å²) in [5, 5.41) is 5.56. The van der Waals surface area contributed by atoms with Crippen molar-refractivity contribution in [1.29, 1.82) is 0 Å². The second-order valence-corrected chi connectivity index (χ2v) is 8.62. The van der Waals surface area contributed by atoms with Crippen LogP contribution in [0.3, 0.4) is 0 Å². The van der Waals surface area contributed by atoms with Gasteiger partial charge in [0.15, 0.2) is 17.5 Å². The molecule has 2 aromatic heterocycles. The molecular weight excluding hydrogens is 417 g/mol. The van der Waals surface area contributed by atoms with Gasteiger partial charge in [0.25, 0.3) is 5.91 Å². The molecule has 0 spiro atoms. The first-order chi connectivity index (χ1) is 13.9. The van der Waals surface area contributed by atoms with Gasteiger partial charge in [-0.25, -0.2) is 19.4 Å². The summed E-state index contributed by atoms with van der Waals surface area (Å²) in [7, 11) is 0. The third-order valence-corrected chi connectivity index (χ3v) is 6.86. The number of aliphatic imine (C=N–C) groups is 1. The number of anilines is 1. The maximum absolute atomic E-state index is 12.7. The van der Waals surface area contributed by atoms with Gasteiger partial charge in [0.2, 0.25) is 5.89 Å². The highest BCUT2D eigenvalue weighted by molar-refractivity contribution is 8.13. The Kier molecular flexibility index (Phi) is 5.33. The number of halogens is 1. The van der Waals surface area contributed by atoms with Crippen molar-refractivity contribution in [3.05, 3.63) is 27.7 Å². The fourth-order valence-corrected chi connectivity index (χ4v) is 5.41. The molecule has 0 aromatic carbocycles. The van der Waals surface area contributed by atoms with Crippen molar-refractivity contribution in [2.24, 2.45) is 16.6 Å². The van der Waals surface area contributed by atoms with Crippen molar-refractivity contribution in [2.45, 2.75) is 31.7 Å². The third-order valence-electron chi connectivity index (χ3n) is 4.89. The molecule has 0 bridgehead atoms. The van der Waals surface area contributed by atoms with Gasteiger partial charge in [0, 0.05) is 17.1 Å². The summed E-state index contributed by atoms with van der Waals surface area (Å²) in [6, 6.07) is 0. The molecule has 152 valence electrons. The molecule has 0 saturated carbocycles. The van der Waals surface area contributed by atoms with Gasteiger partial charge >= 0.3 is 0 Å². The molecule has 1 saturated heterocycles. The standard InChI is InChI=1S/C18H18FN5O3S2/c1-3-11-4-10-6-29-17(20)24-18(10,8-26-11)16-22-12(7-28-16)21-15(25)14-9(2)27-13(5-19)23-14/h1,7,10-11H,4-6,8H2,2H3,(H2,20,24)(H,21,25)/t10-,11-,18-/m0/s1. The highest BCUT2D eigenvalue weighted by atomic mass is 32.2. The molecule has 3 atom stereocenters. The van der Waals surface area contributed by atoms with Crippen molar-refractivity contribution in [2.75, 3.05) is 17.7 Å². The topological polar surface area (TPSA) is 116 Å². The predicted molar refractivity (Wildman–Crippen MR) is 109 cm³/mol. The minimum absolute atomic E-state index is 0.0254. The lowest BCUT2D eigenvalue weighted by Crippen LogP contribution is -2.49. The molecule has 2 aliphatic rings. The number of amides is 1. The van der Waals surface area contributed by atoms with Gasteiger partial charge in [0.1, 0.15) is 28.2 Å². The van der Waals surface area contributed by atoms with Gasteiger partial charge in [0.05, 0.1) is 6.61 Å². The molecule has 0 radical (unpaired) electrons. The van der Waals surface area contributed by atoms with Crippen LogP contribution in [0.15, 0.2) is 14.8 Å². The second-order valence-electron chi connectivity index (χ2n) is 6.72. The minimum Gasteiger partial charge on any atom is -0.442 e. The zero-order valence-corrected chi connectivity index (χ0v) is 17.1. The second kappa shape index (κ2) is 7.78. The van der Waals surface area contributed by atoms with E-state index in [1.165, 1.54) is 23.1 Å². The molecule has 0 unspecified atom stereocenters. The van der Waals surface area contributed by atoms with Crippen LogP contribution in [0, 0.1) is 25.2 Å². The molecule has 29 heavy (non-hydrogen) atoms. The average Bonchev–Trinajstić information content (AvgIpc) is 3.34. The highest BCUT2D eigenvalue weighted by Crippen LogP contribution is 2.47. The van der Waals surface area contributed by atoms with Gasteiger partial charge < -0.3 is 20.2 Å². The van der Waals surface area contributed by atoms with E-state index < -0.39 is 18.1 Å². The zero-order valence-electron chi connectivity index (χ0n) is 15.5. The number of ether oxygens (including phenoxy) is 1. The lowest BCUT2D eigenvalue weighted by molar-refractivity contribution is -0.0286. The molecule has 3 N–H and O–H groups in total. The van der Waals surface area contributed by atoms with Gasteiger partial charge in [-0.15, -0.1) is 17.8 Å². The fourth-order valence-electron chi connectivity index (χ4n) is 3.44. The van der Waals surface area contributed by atoms with Crippen LogP contribution in [0.5, 0.6) is 0 Å². The molecule has 0 aliphatic carbocycles. The number of nitrogens with two attached hydrogens (primary N) is 1. The molecule has 2 aromatic rings. The smallest absolute Gasteiger partial charge is 0.279 e. The van der Waals surface area contributed by atoms with Crippen LogP contribution in [0.2, 0.25) is 0 Å². The molecule has 11 heteroatoms. The van der Waals surface area contributed by atoms with E-state index in [0.29, 0.717) is 22.4 Å². The number of aryl methyl sites for hydroxylation is 1. The molecule has 1 amide bonds. The van der Waals surface area contributed by atoms with Gasteiger partial charge in [-0.05, 0) is 13.3 Å². The van der Waals surface area contributed by atoms with Gasteiger partial charge in [-0.3, -0.25) is 4.79 Å². The number of thiazole rings is 1. The van der Waals surface area contributed by atoms with E-state index in [9.17, 15) is 9.18 Å². The van der Waals surface area contributed by atoms with Crippen molar-refractivity contribution < 1.29 is 18.3 Å². The Morgan fingerprint density at radius 3 is 3.10 bits per heavy atom. The largest absolute Gasteiger partial charge is 0.442 e. The maximum atomic E-state index is 12.7. The quantitative estimate of drug-likeness (QED) is 0.709. The Bertz CT molecular complexity index is 1010. The number of thioether (sulfide) groups is 1. The molecule has 2 aliphatic heterocycles. The van der Waals surface area contributed by atoms with Gasteiger partial charge in [-0.1, -0.05) is 17.7 Å². The lowest BCUT2D eigenvalue weighted by Gasteiger charge is -2.43. The first-order valence-corrected chi connectivity index (χ1v) is 10.7. The number of hydrogen-bond acceptors (Lipinski definition) is 9. The summed E-state index contributed by atoms with van der Waals surface area (Å²) in [6.07, 6.45) is 5.93. The highest BCUT2D eigenvalue weighted by Gasteiger charge is 2.50. The van der Waals surface area contributed by atoms with Gasteiger partial charge in [-0.2, -0.15) is 0 Å². The number of alkyl halides is 1. The van der Waals surface area contributed by atoms with Crippen molar-refractivity contribution in [3.63, 3.8) is 0 Å². The van der Waals surface area contributed by atoms with Crippen molar-refractivity contribution >= 4 is 40.0 Å². The number of nitrogens with one attached hydrogen (secondary N) is 1. The SMILES string of the molecule is C#C[C@H]1C[C@H]2CSC(N)=N[C@@]2(c2nc(NC(=O)c3nc(CF)oc3C)cs2)CO1. The Hall–Kier alpha value is -2.42. The normalized spacial score (nSPS) is 26.3. The molecule has 8 nitrogen and oxygen atoms in total. The van der Waals surface area contributed by atoms with E-state index >= 15 is 0 Å². The Morgan fingerprint density at radius 1 is 1.55 bits per heavy atom. The van der Waals surface area contributed by atoms with Crippen molar-refractivity contribution in [1.82, 2.24) is 9.97 Å². The zero-order chi connectivity index (χ0) is 20.6. The van der Waals surface area contributed by atoms with Crippen LogP contribution >= 0.6 is 23.1 Å². The van der Waals surface area contributed by atoms with E-state index in [2.05, 4.69) is 26.2 Å². The number of nitrogens with zero attached hydrogens (tertiary/aromatic N) is 3. The van der Waals surface area contributed by atoms with Crippen LogP contribution in [-0.4, -0.2) is 39.5 Å². The Labute approximate surface area is 174 Å². The van der Waals surface area contributed by atoms with Crippen LogP contribution in [0.4, 0.5) is 10.2 Å². The first kappa shape index (κ1) is 19.9. The number of carbonyl (C=O) groups is 1. The summed E-state index contributed by atoms with van der Waals surface area (Å²) >= 11 is 2.85. The number of terminal acetylenes is 1. The van der Waals surface area contributed by atoms with Crippen LogP contribution in [0.1, 0.15) is 33.6 Å². The van der Waals surface area contributed by atoms with E-state index in [0.717, 1.165) is 5.75 Å². The molecule has 4 heterocycles. The first-order valence-electron chi connectivity index (χ1n) is 8.80. The number of rotatable bonds is 4. The summed E-state index contributed by atoms with van der Waals surface area (Å²) < 4.78 is 23.6. The van der Waals surface area contributed by atoms with E-state index in [1.807, 2.05) is 0 Å². The number of oxazole rings is 1. The van der Waals surface area contributed by atoms with Crippen LogP contribution in [0.25, 0.3) is 0 Å². The van der Waals surface area contributed by atoms with Crippen molar-refractivity contribution in [3.8, 4) is 12.3 Å². The number of aromatic nitrogens is 2. The van der Waals surface area contributed by atoms with E-state index in [4.69, 9.17) is 21.3 Å². The predicted octanol–water partition coefficient (Wildman–Crippen LogP) is 2.46. The Morgan fingerprint density at radius 2 is 2.38 bits per heavy atom. The monoisotopic (exact) mass is 435 g/mol. The minimum atomic E-state index is -0.880. The van der Waals surface area contributed by atoms with Crippen LogP contribution in [-0.2, 0) is 17.0 Å². The summed E-state index contributed by atoms with van der Waals surface area (Å²) in [6.45, 7) is 0.946. The lowest BCUT2D eigenvalue weighted by atomic mass is 9.80. The third kappa shape index (κ3) is 3.63. The number of hydrogen-bond donors (Lipinski definition) is 2. The van der Waals surface area contributed by atoms with E-state index in [1.54, 1.807) is 12.3 Å². The summed E-state index contributed by atoms with van der Waals surface area (Å²) in [5.41, 5.74) is 5.31.